The molecule has 4 N–H and O–H groups in total. The van der Waals surface area contributed by atoms with Gasteiger partial charge < -0.3 is 25.6 Å². The van der Waals surface area contributed by atoms with Crippen molar-refractivity contribution < 1.29 is 29.0 Å². The minimum Gasteiger partial charge on any atom is -0.490 e. The molecule has 0 fully saturated rings. The summed E-state index contributed by atoms with van der Waals surface area (Å²) in [5, 5.41) is 11.2. The van der Waals surface area contributed by atoms with Gasteiger partial charge in [0.25, 0.3) is 5.91 Å². The fraction of sp³-hybridized carbons (Fsp3) is 0.438. The van der Waals surface area contributed by atoms with Gasteiger partial charge in [-0.2, -0.15) is 0 Å². The molecule has 0 saturated carbocycles. The van der Waals surface area contributed by atoms with Crippen molar-refractivity contribution in [3.05, 3.63) is 23.8 Å². The van der Waals surface area contributed by atoms with Crippen LogP contribution < -0.4 is 20.5 Å². The molecule has 0 heterocycles. The first-order chi connectivity index (χ1) is 11.3. The Balaban J connectivity index is 2.98. The first-order valence-electron chi connectivity index (χ1n) is 7.47. The maximum absolute atomic E-state index is 12.3. The summed E-state index contributed by atoms with van der Waals surface area (Å²) in [5.74, 6) is -1.93. The molecule has 0 aliphatic heterocycles. The SMILES string of the molecule is CCOc1cc(C(=O)NC(C(N)=O)C(C)C)ccc1OCC(=O)O. The van der Waals surface area contributed by atoms with Gasteiger partial charge in [-0.15, -0.1) is 0 Å². The van der Waals surface area contributed by atoms with Crippen LogP contribution in [0.3, 0.4) is 0 Å². The molecule has 1 atom stereocenters. The summed E-state index contributed by atoms with van der Waals surface area (Å²) in [6.45, 7) is 5.07. The topological polar surface area (TPSA) is 128 Å². The van der Waals surface area contributed by atoms with E-state index < -0.39 is 30.4 Å². The van der Waals surface area contributed by atoms with Gasteiger partial charge in [0.15, 0.2) is 18.1 Å². The second-order valence-electron chi connectivity index (χ2n) is 5.37. The zero-order valence-electron chi connectivity index (χ0n) is 13.9. The van der Waals surface area contributed by atoms with Gasteiger partial charge >= 0.3 is 5.97 Å². The monoisotopic (exact) mass is 338 g/mol. The molecule has 0 spiro atoms. The molecule has 0 bridgehead atoms. The largest absolute Gasteiger partial charge is 0.490 e. The third-order valence-electron chi connectivity index (χ3n) is 3.12. The Labute approximate surface area is 139 Å². The summed E-state index contributed by atoms with van der Waals surface area (Å²) in [6.07, 6.45) is 0. The average Bonchev–Trinajstić information content (AvgIpc) is 2.50. The summed E-state index contributed by atoms with van der Waals surface area (Å²) < 4.78 is 10.5. The maximum Gasteiger partial charge on any atom is 0.341 e. The van der Waals surface area contributed by atoms with E-state index in [1.165, 1.54) is 18.2 Å². The second-order valence-corrected chi connectivity index (χ2v) is 5.37. The molecule has 1 aromatic rings. The minimum absolute atomic E-state index is 0.156. The first kappa shape index (κ1) is 19.3. The van der Waals surface area contributed by atoms with Crippen LogP contribution in [0, 0.1) is 5.92 Å². The molecule has 0 aliphatic rings. The molecule has 1 aromatic carbocycles. The van der Waals surface area contributed by atoms with E-state index in [9.17, 15) is 14.4 Å². The van der Waals surface area contributed by atoms with Crippen molar-refractivity contribution in [2.24, 2.45) is 11.7 Å². The van der Waals surface area contributed by atoms with Crippen molar-refractivity contribution in [2.45, 2.75) is 26.8 Å². The van der Waals surface area contributed by atoms with Gasteiger partial charge in [0.1, 0.15) is 6.04 Å². The van der Waals surface area contributed by atoms with E-state index in [4.69, 9.17) is 20.3 Å². The number of aliphatic carboxylic acids is 1. The van der Waals surface area contributed by atoms with Gasteiger partial charge in [0.2, 0.25) is 5.91 Å². The van der Waals surface area contributed by atoms with Crippen LogP contribution in [0.4, 0.5) is 0 Å². The Kier molecular flexibility index (Phi) is 7.03. The predicted octanol–water partition coefficient (Wildman–Crippen LogP) is 0.788. The van der Waals surface area contributed by atoms with Crippen molar-refractivity contribution in [3.63, 3.8) is 0 Å². The smallest absolute Gasteiger partial charge is 0.341 e. The molecule has 8 heteroatoms. The van der Waals surface area contributed by atoms with E-state index in [-0.39, 0.29) is 23.0 Å². The molecule has 8 nitrogen and oxygen atoms in total. The van der Waals surface area contributed by atoms with Crippen molar-refractivity contribution >= 4 is 17.8 Å². The number of rotatable bonds is 9. The van der Waals surface area contributed by atoms with Crippen LogP contribution in [0.2, 0.25) is 0 Å². The van der Waals surface area contributed by atoms with Crippen LogP contribution in [0.15, 0.2) is 18.2 Å². The summed E-state index contributed by atoms with van der Waals surface area (Å²) in [7, 11) is 0. The van der Waals surface area contributed by atoms with Gasteiger partial charge in [0, 0.05) is 5.56 Å². The van der Waals surface area contributed by atoms with Crippen molar-refractivity contribution in [1.82, 2.24) is 5.32 Å². The molecule has 2 amide bonds. The predicted molar refractivity (Wildman–Crippen MR) is 86.0 cm³/mol. The number of carboxylic acid groups (broad SMARTS) is 1. The Bertz CT molecular complexity index is 615. The molecule has 24 heavy (non-hydrogen) atoms. The quantitative estimate of drug-likeness (QED) is 0.610. The average molecular weight is 338 g/mol. The Morgan fingerprint density at radius 3 is 2.38 bits per heavy atom. The van der Waals surface area contributed by atoms with Crippen molar-refractivity contribution in [2.75, 3.05) is 13.2 Å². The number of benzene rings is 1. The highest BCUT2D eigenvalue weighted by Crippen LogP contribution is 2.28. The lowest BCUT2D eigenvalue weighted by molar-refractivity contribution is -0.139. The Morgan fingerprint density at radius 1 is 1.21 bits per heavy atom. The molecule has 132 valence electrons. The molecule has 0 aliphatic carbocycles. The lowest BCUT2D eigenvalue weighted by Crippen LogP contribution is -2.47. The number of primary amides is 1. The van der Waals surface area contributed by atoms with Crippen LogP contribution in [-0.2, 0) is 9.59 Å². The van der Waals surface area contributed by atoms with Gasteiger partial charge in [0.05, 0.1) is 6.61 Å². The molecular weight excluding hydrogens is 316 g/mol. The number of ether oxygens (including phenoxy) is 2. The summed E-state index contributed by atoms with van der Waals surface area (Å²) in [5.41, 5.74) is 5.52. The molecule has 1 unspecified atom stereocenters. The van der Waals surface area contributed by atoms with E-state index in [2.05, 4.69) is 5.32 Å². The number of hydrogen-bond donors (Lipinski definition) is 3. The van der Waals surface area contributed by atoms with Crippen molar-refractivity contribution in [3.8, 4) is 11.5 Å². The van der Waals surface area contributed by atoms with Crippen LogP contribution >= 0.6 is 0 Å². The van der Waals surface area contributed by atoms with E-state index in [1.54, 1.807) is 20.8 Å². The summed E-state index contributed by atoms with van der Waals surface area (Å²) >= 11 is 0. The van der Waals surface area contributed by atoms with E-state index in [0.29, 0.717) is 6.61 Å². The highest BCUT2D eigenvalue weighted by Gasteiger charge is 2.23. The van der Waals surface area contributed by atoms with Crippen molar-refractivity contribution in [1.29, 1.82) is 0 Å². The lowest BCUT2D eigenvalue weighted by Gasteiger charge is -2.19. The van der Waals surface area contributed by atoms with Crippen LogP contribution in [0.25, 0.3) is 0 Å². The fourth-order valence-corrected chi connectivity index (χ4v) is 1.97. The highest BCUT2D eigenvalue weighted by atomic mass is 16.5. The normalized spacial score (nSPS) is 11.7. The van der Waals surface area contributed by atoms with Crippen LogP contribution in [-0.4, -0.2) is 42.1 Å². The van der Waals surface area contributed by atoms with E-state index in [1.807, 2.05) is 0 Å². The van der Waals surface area contributed by atoms with Gasteiger partial charge in [-0.3, -0.25) is 9.59 Å². The number of hydrogen-bond acceptors (Lipinski definition) is 5. The number of nitrogens with one attached hydrogen (secondary N) is 1. The zero-order valence-corrected chi connectivity index (χ0v) is 13.9. The molecule has 0 radical (unpaired) electrons. The zero-order chi connectivity index (χ0) is 18.3. The Morgan fingerprint density at radius 2 is 1.88 bits per heavy atom. The minimum atomic E-state index is -1.12. The number of carbonyl (C=O) groups is 3. The van der Waals surface area contributed by atoms with Crippen LogP contribution in [0.5, 0.6) is 11.5 Å². The number of carboxylic acids is 1. The van der Waals surface area contributed by atoms with Gasteiger partial charge in [-0.1, -0.05) is 13.8 Å². The number of nitrogens with two attached hydrogens (primary N) is 1. The van der Waals surface area contributed by atoms with Gasteiger partial charge in [-0.05, 0) is 31.0 Å². The standard InChI is InChI=1S/C16H22N2O6/c1-4-23-12-7-10(5-6-11(12)24-8-13(19)20)16(22)18-14(9(2)3)15(17)21/h5-7,9,14H,4,8H2,1-3H3,(H2,17,21)(H,18,22)(H,19,20). The summed E-state index contributed by atoms with van der Waals surface area (Å²) in [4.78, 5) is 34.3. The maximum atomic E-state index is 12.3. The third-order valence-corrected chi connectivity index (χ3v) is 3.12. The second kappa shape index (κ2) is 8.76. The molecule has 1 rings (SSSR count). The number of carbonyl (C=O) groups excluding carboxylic acids is 2. The van der Waals surface area contributed by atoms with Crippen LogP contribution in [0.1, 0.15) is 31.1 Å². The third kappa shape index (κ3) is 5.45. The highest BCUT2D eigenvalue weighted by molar-refractivity contribution is 5.97. The summed E-state index contributed by atoms with van der Waals surface area (Å²) in [6, 6.07) is 3.52. The van der Waals surface area contributed by atoms with E-state index in [0.717, 1.165) is 0 Å². The number of amides is 2. The first-order valence-corrected chi connectivity index (χ1v) is 7.47. The fourth-order valence-electron chi connectivity index (χ4n) is 1.97. The molecular formula is C16H22N2O6. The molecule has 0 aromatic heterocycles. The lowest BCUT2D eigenvalue weighted by atomic mass is 10.0. The Hall–Kier alpha value is -2.77. The van der Waals surface area contributed by atoms with E-state index >= 15 is 0 Å². The van der Waals surface area contributed by atoms with Gasteiger partial charge in [-0.25, -0.2) is 4.79 Å². The molecule has 0 saturated heterocycles.